The highest BCUT2D eigenvalue weighted by atomic mass is 28.3. The standard InChI is InChI=1S/C23H22Si/c1-4-19-13-9-11-17-22(19)24(3,21-15-7-6-8-16-21)23-18-12-10-14-20(23)5-2/h4-18H,1-2H2,3H3. The van der Waals surface area contributed by atoms with Crippen molar-refractivity contribution in [1.82, 2.24) is 0 Å². The van der Waals surface area contributed by atoms with Gasteiger partial charge < -0.3 is 0 Å². The molecule has 0 aromatic heterocycles. The monoisotopic (exact) mass is 326 g/mol. The second-order valence-electron chi connectivity index (χ2n) is 6.07. The summed E-state index contributed by atoms with van der Waals surface area (Å²) in [6.45, 7) is 10.5. The first kappa shape index (κ1) is 16.2. The van der Waals surface area contributed by atoms with Gasteiger partial charge in [-0.05, 0) is 26.7 Å². The molecule has 0 radical (unpaired) electrons. The second kappa shape index (κ2) is 6.86. The Bertz CT molecular complexity index is 810. The Morgan fingerprint density at radius 1 is 0.625 bits per heavy atom. The molecule has 0 atom stereocenters. The highest BCUT2D eigenvalue weighted by molar-refractivity contribution is 7.11. The summed E-state index contributed by atoms with van der Waals surface area (Å²) >= 11 is 0. The first-order valence-electron chi connectivity index (χ1n) is 8.21. The molecule has 3 aromatic carbocycles. The summed E-state index contributed by atoms with van der Waals surface area (Å²) in [5.41, 5.74) is 2.43. The molecule has 0 nitrogen and oxygen atoms in total. The molecule has 0 unspecified atom stereocenters. The average Bonchev–Trinajstić information content (AvgIpc) is 2.68. The molecule has 3 aromatic rings. The first-order valence-corrected chi connectivity index (χ1v) is 10.7. The van der Waals surface area contributed by atoms with E-state index in [2.05, 4.69) is 98.6 Å². The maximum Gasteiger partial charge on any atom is 0.146 e. The molecule has 0 bridgehead atoms. The maximum atomic E-state index is 4.04. The summed E-state index contributed by atoms with van der Waals surface area (Å²) in [6, 6.07) is 28.1. The molecule has 0 aliphatic rings. The summed E-state index contributed by atoms with van der Waals surface area (Å²) in [5.74, 6) is 0. The lowest BCUT2D eigenvalue weighted by Gasteiger charge is -2.32. The van der Waals surface area contributed by atoms with Gasteiger partial charge in [-0.25, -0.2) is 0 Å². The van der Waals surface area contributed by atoms with E-state index in [4.69, 9.17) is 0 Å². The van der Waals surface area contributed by atoms with Crippen molar-refractivity contribution in [1.29, 1.82) is 0 Å². The van der Waals surface area contributed by atoms with E-state index < -0.39 is 8.07 Å². The van der Waals surface area contributed by atoms with Gasteiger partial charge in [0, 0.05) is 0 Å². The zero-order valence-electron chi connectivity index (χ0n) is 14.1. The van der Waals surface area contributed by atoms with Gasteiger partial charge in [0.2, 0.25) is 0 Å². The molecule has 118 valence electrons. The zero-order chi connectivity index (χ0) is 17.0. The topological polar surface area (TPSA) is 0 Å². The van der Waals surface area contributed by atoms with Crippen molar-refractivity contribution in [3.8, 4) is 0 Å². The van der Waals surface area contributed by atoms with E-state index in [-0.39, 0.29) is 0 Å². The summed E-state index contributed by atoms with van der Waals surface area (Å²) in [4.78, 5) is 0. The van der Waals surface area contributed by atoms with Crippen molar-refractivity contribution in [2.45, 2.75) is 6.55 Å². The Balaban J connectivity index is 2.38. The van der Waals surface area contributed by atoms with E-state index in [1.165, 1.54) is 26.7 Å². The normalized spacial score (nSPS) is 11.0. The van der Waals surface area contributed by atoms with E-state index >= 15 is 0 Å². The van der Waals surface area contributed by atoms with Gasteiger partial charge >= 0.3 is 0 Å². The smallest absolute Gasteiger partial charge is 0.0985 e. The fraction of sp³-hybridized carbons (Fsp3) is 0.0435. The second-order valence-corrected chi connectivity index (χ2v) is 9.98. The van der Waals surface area contributed by atoms with E-state index in [0.29, 0.717) is 0 Å². The van der Waals surface area contributed by atoms with Gasteiger partial charge in [-0.1, -0.05) is 111 Å². The predicted octanol–water partition coefficient (Wildman–Crippen LogP) is 4.07. The van der Waals surface area contributed by atoms with Gasteiger partial charge in [-0.2, -0.15) is 0 Å². The van der Waals surface area contributed by atoms with Crippen LogP contribution in [0.2, 0.25) is 6.55 Å². The molecule has 0 aliphatic heterocycles. The van der Waals surface area contributed by atoms with Crippen molar-refractivity contribution in [2.75, 3.05) is 0 Å². The molecule has 0 spiro atoms. The Morgan fingerprint density at radius 3 is 1.50 bits per heavy atom. The lowest BCUT2D eigenvalue weighted by atomic mass is 10.2. The maximum absolute atomic E-state index is 4.04. The molecule has 0 saturated carbocycles. The third-order valence-corrected chi connectivity index (χ3v) is 9.34. The van der Waals surface area contributed by atoms with Crippen molar-refractivity contribution in [2.24, 2.45) is 0 Å². The Hall–Kier alpha value is -2.64. The zero-order valence-corrected chi connectivity index (χ0v) is 15.1. The predicted molar refractivity (Wildman–Crippen MR) is 110 cm³/mol. The van der Waals surface area contributed by atoms with Crippen LogP contribution in [0.5, 0.6) is 0 Å². The van der Waals surface area contributed by atoms with Gasteiger partial charge in [0.15, 0.2) is 0 Å². The molecule has 0 saturated heterocycles. The lowest BCUT2D eigenvalue weighted by molar-refractivity contribution is 1.63. The van der Waals surface area contributed by atoms with Crippen molar-refractivity contribution >= 4 is 35.8 Å². The van der Waals surface area contributed by atoms with Crippen LogP contribution in [-0.2, 0) is 0 Å². The summed E-state index contributed by atoms with van der Waals surface area (Å²) in [5, 5.41) is 4.18. The van der Waals surface area contributed by atoms with Crippen LogP contribution in [0.4, 0.5) is 0 Å². The Labute approximate surface area is 145 Å². The third kappa shape index (κ3) is 2.68. The van der Waals surface area contributed by atoms with E-state index in [1.807, 2.05) is 12.2 Å². The number of benzene rings is 3. The van der Waals surface area contributed by atoms with Crippen LogP contribution in [0.25, 0.3) is 12.2 Å². The number of hydrogen-bond donors (Lipinski definition) is 0. The van der Waals surface area contributed by atoms with Crippen LogP contribution in [0.3, 0.4) is 0 Å². The molecule has 0 amide bonds. The van der Waals surface area contributed by atoms with Crippen molar-refractivity contribution in [3.05, 3.63) is 103 Å². The highest BCUT2D eigenvalue weighted by Gasteiger charge is 2.36. The van der Waals surface area contributed by atoms with Crippen LogP contribution in [0.1, 0.15) is 11.1 Å². The van der Waals surface area contributed by atoms with Crippen molar-refractivity contribution in [3.63, 3.8) is 0 Å². The fourth-order valence-corrected chi connectivity index (χ4v) is 7.64. The minimum absolute atomic E-state index is 1.22. The summed E-state index contributed by atoms with van der Waals surface area (Å²) in [6.07, 6.45) is 3.94. The molecule has 0 heterocycles. The molecule has 24 heavy (non-hydrogen) atoms. The third-order valence-electron chi connectivity index (χ3n) is 4.79. The van der Waals surface area contributed by atoms with Crippen LogP contribution < -0.4 is 15.6 Å². The van der Waals surface area contributed by atoms with Gasteiger partial charge in [-0.15, -0.1) is 0 Å². The van der Waals surface area contributed by atoms with E-state index in [1.54, 1.807) is 0 Å². The molecule has 0 aliphatic carbocycles. The van der Waals surface area contributed by atoms with Crippen molar-refractivity contribution < 1.29 is 0 Å². The molecule has 0 fully saturated rings. The summed E-state index contributed by atoms with van der Waals surface area (Å²) in [7, 11) is -2.15. The quantitative estimate of drug-likeness (QED) is 0.490. The van der Waals surface area contributed by atoms with Gasteiger partial charge in [0.05, 0.1) is 0 Å². The van der Waals surface area contributed by atoms with E-state index in [0.717, 1.165) is 0 Å². The van der Waals surface area contributed by atoms with Gasteiger partial charge in [-0.3, -0.25) is 0 Å². The van der Waals surface area contributed by atoms with Gasteiger partial charge in [0.1, 0.15) is 8.07 Å². The van der Waals surface area contributed by atoms with Crippen LogP contribution in [0, 0.1) is 0 Å². The largest absolute Gasteiger partial charge is 0.146 e. The van der Waals surface area contributed by atoms with Crippen LogP contribution in [0.15, 0.2) is 92.0 Å². The summed E-state index contributed by atoms with van der Waals surface area (Å²) < 4.78 is 0. The highest BCUT2D eigenvalue weighted by Crippen LogP contribution is 2.14. The van der Waals surface area contributed by atoms with Gasteiger partial charge in [0.25, 0.3) is 0 Å². The van der Waals surface area contributed by atoms with Crippen LogP contribution in [-0.4, -0.2) is 8.07 Å². The SMILES string of the molecule is C=Cc1ccccc1[Si](C)(c1ccccc1)c1ccccc1C=C. The average molecular weight is 327 g/mol. The molecular weight excluding hydrogens is 304 g/mol. The number of hydrogen-bond acceptors (Lipinski definition) is 0. The Morgan fingerprint density at radius 2 is 1.04 bits per heavy atom. The van der Waals surface area contributed by atoms with E-state index in [9.17, 15) is 0 Å². The minimum Gasteiger partial charge on any atom is -0.0985 e. The Kier molecular flexibility index (Phi) is 4.63. The van der Waals surface area contributed by atoms with Crippen LogP contribution >= 0.6 is 0 Å². The molecular formula is C23H22Si. The number of rotatable bonds is 5. The fourth-order valence-electron chi connectivity index (χ4n) is 3.49. The first-order chi connectivity index (χ1) is 11.7. The molecule has 1 heteroatoms. The lowest BCUT2D eigenvalue weighted by Crippen LogP contribution is -2.66. The minimum atomic E-state index is -2.15. The molecule has 0 N–H and O–H groups in total. The molecule has 3 rings (SSSR count).